The second-order valence-corrected chi connectivity index (χ2v) is 15.0. The third-order valence-corrected chi connectivity index (χ3v) is 11.1. The topological polar surface area (TPSA) is 47.4 Å². The zero-order valence-corrected chi connectivity index (χ0v) is 32.0. The minimum absolute atomic E-state index is 1.18. The van der Waals surface area contributed by atoms with Crippen LogP contribution in [0, 0.1) is 13.8 Å². The van der Waals surface area contributed by atoms with Gasteiger partial charge in [-0.3, -0.25) is 0 Å². The third kappa shape index (κ3) is 6.60. The second-order valence-electron chi connectivity index (χ2n) is 15.0. The van der Waals surface area contributed by atoms with Crippen LogP contribution in [0.1, 0.15) is 11.1 Å². The van der Waals surface area contributed by atoms with Gasteiger partial charge in [-0.1, -0.05) is 139 Å². The van der Waals surface area contributed by atoms with E-state index in [4.69, 9.17) is 0 Å². The molecular formula is C54H41N3. The van der Waals surface area contributed by atoms with Gasteiger partial charge in [0, 0.05) is 65.4 Å². The van der Waals surface area contributed by atoms with Crippen molar-refractivity contribution in [3.63, 3.8) is 0 Å². The van der Waals surface area contributed by atoms with Crippen LogP contribution in [-0.4, -0.2) is 15.0 Å². The van der Waals surface area contributed by atoms with E-state index in [1.807, 2.05) is 0 Å². The molecule has 0 saturated heterocycles. The molecule has 0 saturated carbocycles. The fraction of sp³-hybridized carbons (Fsp3) is 0.0370. The summed E-state index contributed by atoms with van der Waals surface area (Å²) >= 11 is 0. The Morgan fingerprint density at radius 2 is 0.632 bits per heavy atom. The molecule has 3 heteroatoms. The Labute approximate surface area is 331 Å². The van der Waals surface area contributed by atoms with Crippen molar-refractivity contribution in [1.29, 1.82) is 0 Å². The van der Waals surface area contributed by atoms with E-state index in [2.05, 4.69) is 223 Å². The Balaban J connectivity index is 0.000000118. The van der Waals surface area contributed by atoms with Gasteiger partial charge in [0.2, 0.25) is 0 Å². The molecule has 0 fully saturated rings. The van der Waals surface area contributed by atoms with Crippen molar-refractivity contribution >= 4 is 76.2 Å². The summed E-state index contributed by atoms with van der Waals surface area (Å²) in [5.74, 6) is 0. The summed E-state index contributed by atoms with van der Waals surface area (Å²) in [6.07, 6.45) is 0. The van der Waals surface area contributed by atoms with Gasteiger partial charge in [-0.15, -0.1) is 0 Å². The fourth-order valence-corrected chi connectivity index (χ4v) is 8.18. The van der Waals surface area contributed by atoms with Crippen LogP contribution in [0.5, 0.6) is 0 Å². The zero-order chi connectivity index (χ0) is 38.3. The van der Waals surface area contributed by atoms with Crippen LogP contribution < -0.4 is 0 Å². The highest BCUT2D eigenvalue weighted by atomic mass is 14.7. The average Bonchev–Trinajstić information content (AvgIpc) is 3.94. The van der Waals surface area contributed by atoms with Gasteiger partial charge in [0.15, 0.2) is 0 Å². The van der Waals surface area contributed by atoms with Crippen LogP contribution in [0.15, 0.2) is 194 Å². The van der Waals surface area contributed by atoms with Crippen molar-refractivity contribution in [2.24, 2.45) is 0 Å². The number of fused-ring (bicyclic) bond motifs is 10. The Hall–Kier alpha value is -7.36. The molecule has 0 bridgehead atoms. The van der Waals surface area contributed by atoms with E-state index in [-0.39, 0.29) is 0 Å². The van der Waals surface area contributed by atoms with Crippen molar-refractivity contribution < 1.29 is 0 Å². The smallest absolute Gasteiger partial charge is 0.0465 e. The molecule has 9 aromatic carbocycles. The maximum absolute atomic E-state index is 3.56. The van der Waals surface area contributed by atoms with Crippen molar-refractivity contribution in [3.05, 3.63) is 205 Å². The predicted molar refractivity (Wildman–Crippen MR) is 245 cm³/mol. The van der Waals surface area contributed by atoms with Crippen LogP contribution >= 0.6 is 0 Å². The number of H-pyrrole nitrogens is 3. The molecule has 0 aliphatic carbocycles. The van der Waals surface area contributed by atoms with Crippen molar-refractivity contribution in [1.82, 2.24) is 15.0 Å². The summed E-state index contributed by atoms with van der Waals surface area (Å²) in [5, 5.41) is 10.3. The van der Waals surface area contributed by atoms with Gasteiger partial charge in [-0.2, -0.15) is 0 Å². The van der Waals surface area contributed by atoms with Gasteiger partial charge in [-0.25, -0.2) is 0 Å². The summed E-state index contributed by atoms with van der Waals surface area (Å²) in [5.41, 5.74) is 14.8. The molecule has 0 amide bonds. The summed E-state index contributed by atoms with van der Waals surface area (Å²) < 4.78 is 0. The minimum atomic E-state index is 1.18. The number of hydrogen-bond acceptors (Lipinski definition) is 0. The molecule has 3 nitrogen and oxygen atoms in total. The summed E-state index contributed by atoms with van der Waals surface area (Å²) in [6.45, 7) is 4.27. The number of aromatic nitrogens is 3. The summed E-state index contributed by atoms with van der Waals surface area (Å²) in [7, 11) is 0. The highest BCUT2D eigenvalue weighted by Crippen LogP contribution is 2.34. The quantitative estimate of drug-likeness (QED) is 0.159. The molecule has 57 heavy (non-hydrogen) atoms. The minimum Gasteiger partial charge on any atom is -0.355 e. The monoisotopic (exact) mass is 731 g/mol. The first kappa shape index (κ1) is 34.2. The third-order valence-electron chi connectivity index (χ3n) is 11.1. The van der Waals surface area contributed by atoms with Gasteiger partial charge in [0.05, 0.1) is 0 Å². The Bertz CT molecular complexity index is 3270. The van der Waals surface area contributed by atoms with Crippen LogP contribution in [0.2, 0.25) is 0 Å². The largest absolute Gasteiger partial charge is 0.355 e. The maximum Gasteiger partial charge on any atom is 0.0465 e. The number of para-hydroxylation sites is 2. The van der Waals surface area contributed by atoms with E-state index in [1.165, 1.54) is 110 Å². The van der Waals surface area contributed by atoms with E-state index in [0.717, 1.165) is 0 Å². The molecule has 3 N–H and O–H groups in total. The molecule has 3 aromatic heterocycles. The van der Waals surface area contributed by atoms with Gasteiger partial charge in [0.1, 0.15) is 0 Å². The molecule has 12 aromatic rings. The molecule has 0 atom stereocenters. The van der Waals surface area contributed by atoms with E-state index < -0.39 is 0 Å². The first-order valence-electron chi connectivity index (χ1n) is 19.6. The van der Waals surface area contributed by atoms with Crippen LogP contribution in [0.25, 0.3) is 98.4 Å². The van der Waals surface area contributed by atoms with Gasteiger partial charge >= 0.3 is 0 Å². The highest BCUT2D eigenvalue weighted by molar-refractivity contribution is 6.10. The maximum atomic E-state index is 3.56. The molecule has 0 radical (unpaired) electrons. The molecule has 272 valence electrons. The summed E-state index contributed by atoms with van der Waals surface area (Å²) in [6, 6.07) is 69.0. The zero-order valence-electron chi connectivity index (χ0n) is 32.0. The lowest BCUT2D eigenvalue weighted by Gasteiger charge is -2.05. The van der Waals surface area contributed by atoms with E-state index in [9.17, 15) is 0 Å². The standard InChI is InChI=1S/C28H19N.C14H13N.C12H9N/c1-2-6-19(7-3-1)23-12-14-27-25(17-23)26-18-24(13-15-28(26)29-27)22-11-10-20-8-4-5-9-21(20)16-22;1-9-3-5-13-11(7-9)12-8-10(2)4-6-14(12)15-13;1-3-7-11-9(5-1)10-6-2-4-8-12(10)13-11/h1-18,29H;3-8,15H,1-2H3;1-8,13H. The Kier molecular flexibility index (Phi) is 8.61. The van der Waals surface area contributed by atoms with Gasteiger partial charge in [0.25, 0.3) is 0 Å². The van der Waals surface area contributed by atoms with Crippen molar-refractivity contribution in [2.75, 3.05) is 0 Å². The number of rotatable bonds is 2. The lowest BCUT2D eigenvalue weighted by Crippen LogP contribution is -1.80. The van der Waals surface area contributed by atoms with Crippen LogP contribution in [0.4, 0.5) is 0 Å². The lowest BCUT2D eigenvalue weighted by molar-refractivity contribution is 1.48. The molecule has 0 spiro atoms. The van der Waals surface area contributed by atoms with E-state index >= 15 is 0 Å². The Morgan fingerprint density at radius 1 is 0.246 bits per heavy atom. The normalized spacial score (nSPS) is 11.3. The number of benzene rings is 9. The number of hydrogen-bond donors (Lipinski definition) is 3. The Morgan fingerprint density at radius 3 is 1.19 bits per heavy atom. The van der Waals surface area contributed by atoms with Gasteiger partial charge in [-0.05, 0) is 114 Å². The SMILES string of the molecule is Cc1ccc2[nH]c3ccc(C)cc3c2c1.c1ccc(-c2ccc3[nH]c4ccc(-c5ccc6ccccc6c5)cc4c3c2)cc1.c1ccc2c(c1)[nH]c1ccccc12. The fourth-order valence-electron chi connectivity index (χ4n) is 8.18. The van der Waals surface area contributed by atoms with Crippen molar-refractivity contribution in [2.45, 2.75) is 13.8 Å². The van der Waals surface area contributed by atoms with E-state index in [0.29, 0.717) is 0 Å². The predicted octanol–water partition coefficient (Wildman–Crippen LogP) is 15.1. The van der Waals surface area contributed by atoms with E-state index in [1.54, 1.807) is 0 Å². The molecule has 0 aliphatic rings. The van der Waals surface area contributed by atoms with Gasteiger partial charge < -0.3 is 15.0 Å². The second kappa shape index (κ2) is 14.4. The van der Waals surface area contributed by atoms with Crippen LogP contribution in [0.3, 0.4) is 0 Å². The lowest BCUT2D eigenvalue weighted by atomic mass is 9.98. The molecule has 0 unspecified atom stereocenters. The van der Waals surface area contributed by atoms with Crippen molar-refractivity contribution in [3.8, 4) is 22.3 Å². The number of aromatic amines is 3. The molecule has 12 rings (SSSR count). The first-order valence-corrected chi connectivity index (χ1v) is 19.6. The first-order chi connectivity index (χ1) is 28.0. The molecular weight excluding hydrogens is 691 g/mol. The molecule has 3 heterocycles. The van der Waals surface area contributed by atoms with Crippen LogP contribution in [-0.2, 0) is 0 Å². The average molecular weight is 732 g/mol. The summed E-state index contributed by atoms with van der Waals surface area (Å²) in [4.78, 5) is 10.4. The highest BCUT2D eigenvalue weighted by Gasteiger charge is 2.09. The number of aryl methyl sites for hydroxylation is 2. The number of nitrogens with one attached hydrogen (secondary N) is 3. The molecule has 0 aliphatic heterocycles.